The molecular weight excluding hydrogens is 656 g/mol. The van der Waals surface area contributed by atoms with Crippen molar-refractivity contribution in [2.45, 2.75) is 223 Å². The van der Waals surface area contributed by atoms with Gasteiger partial charge in [0.1, 0.15) is 36.6 Å². The molecule has 2 saturated heterocycles. The van der Waals surface area contributed by atoms with Gasteiger partial charge in [-0.15, -0.1) is 0 Å². The molecular formula is C40H74O11. The molecule has 2 aliphatic rings. The van der Waals surface area contributed by atoms with Crippen LogP contribution in [-0.2, 0) is 19.0 Å². The molecule has 11 heteroatoms. The summed E-state index contributed by atoms with van der Waals surface area (Å²) in [5, 5.41) is 69.6. The molecule has 2 fully saturated rings. The lowest BCUT2D eigenvalue weighted by atomic mass is 9.99. The summed E-state index contributed by atoms with van der Waals surface area (Å²) in [6.45, 7) is 1.36. The molecule has 0 amide bonds. The van der Waals surface area contributed by atoms with E-state index in [1.165, 1.54) is 122 Å². The second-order valence-electron chi connectivity index (χ2n) is 15.1. The van der Waals surface area contributed by atoms with Gasteiger partial charge in [0.2, 0.25) is 0 Å². The molecule has 0 radical (unpaired) electrons. The molecule has 0 aromatic rings. The van der Waals surface area contributed by atoms with Crippen LogP contribution >= 0.6 is 0 Å². The molecule has 0 saturated carbocycles. The Hall–Kier alpha value is -1.15. The van der Waals surface area contributed by atoms with Crippen LogP contribution in [0.2, 0.25) is 0 Å². The smallest absolute Gasteiger partial charge is 0.331 e. The molecule has 0 spiro atoms. The van der Waals surface area contributed by atoms with Crippen LogP contribution in [0, 0.1) is 0 Å². The molecule has 0 aromatic carbocycles. The van der Waals surface area contributed by atoms with Crippen molar-refractivity contribution in [2.75, 3.05) is 13.2 Å². The third kappa shape index (κ3) is 20.2. The van der Waals surface area contributed by atoms with E-state index in [9.17, 15) is 40.5 Å². The molecule has 2 aliphatic heterocycles. The third-order valence-corrected chi connectivity index (χ3v) is 10.5. The van der Waals surface area contributed by atoms with E-state index in [-0.39, 0.29) is 25.0 Å². The Bertz CT molecular complexity index is 900. The van der Waals surface area contributed by atoms with Crippen molar-refractivity contribution in [3.8, 4) is 0 Å². The van der Waals surface area contributed by atoms with E-state index in [2.05, 4.69) is 6.92 Å². The van der Waals surface area contributed by atoms with Crippen LogP contribution in [0.3, 0.4) is 0 Å². The second-order valence-corrected chi connectivity index (χ2v) is 15.1. The first-order valence-corrected chi connectivity index (χ1v) is 20.6. The number of epoxide rings is 1. The summed E-state index contributed by atoms with van der Waals surface area (Å²) in [5.41, 5.74) is 0.176. The van der Waals surface area contributed by atoms with E-state index in [4.69, 9.17) is 14.2 Å². The number of hydrogen-bond donors (Lipinski definition) is 7. The minimum absolute atomic E-state index is 0.0152. The van der Waals surface area contributed by atoms with E-state index in [1.807, 2.05) is 0 Å². The van der Waals surface area contributed by atoms with Gasteiger partial charge < -0.3 is 50.0 Å². The highest BCUT2D eigenvalue weighted by Gasteiger charge is 2.47. The van der Waals surface area contributed by atoms with Gasteiger partial charge in [-0.3, -0.25) is 0 Å². The van der Waals surface area contributed by atoms with E-state index in [0.717, 1.165) is 19.3 Å². The molecule has 0 aliphatic carbocycles. The fourth-order valence-corrected chi connectivity index (χ4v) is 7.07. The van der Waals surface area contributed by atoms with Crippen LogP contribution in [0.15, 0.2) is 11.6 Å². The lowest BCUT2D eigenvalue weighted by molar-refractivity contribution is -0.304. The van der Waals surface area contributed by atoms with Crippen LogP contribution in [0.25, 0.3) is 0 Å². The molecule has 9 atom stereocenters. The Labute approximate surface area is 307 Å². The van der Waals surface area contributed by atoms with Crippen LogP contribution < -0.4 is 0 Å². The van der Waals surface area contributed by atoms with E-state index >= 15 is 0 Å². The Balaban J connectivity index is 1.42. The van der Waals surface area contributed by atoms with Gasteiger partial charge in [0.15, 0.2) is 6.29 Å². The van der Waals surface area contributed by atoms with Gasteiger partial charge in [-0.05, 0) is 12.8 Å². The van der Waals surface area contributed by atoms with Crippen molar-refractivity contribution in [3.63, 3.8) is 0 Å². The van der Waals surface area contributed by atoms with Crippen LogP contribution in [0.5, 0.6) is 0 Å². The average molecular weight is 731 g/mol. The molecule has 300 valence electrons. The highest BCUT2D eigenvalue weighted by Crippen LogP contribution is 2.32. The first-order chi connectivity index (χ1) is 24.7. The summed E-state index contributed by atoms with van der Waals surface area (Å²) in [6.07, 6.45) is 21.4. The predicted octanol–water partition coefficient (Wildman–Crippen LogP) is 6.08. The van der Waals surface area contributed by atoms with E-state index < -0.39 is 67.7 Å². The third-order valence-electron chi connectivity index (χ3n) is 10.5. The molecule has 51 heavy (non-hydrogen) atoms. The summed E-state index contributed by atoms with van der Waals surface area (Å²) in [6, 6.07) is 0. The number of unbranched alkanes of at least 4 members (excludes halogenated alkanes) is 22. The number of allylic oxidation sites excluding steroid dienone is 1. The summed E-state index contributed by atoms with van der Waals surface area (Å²) in [5.74, 6) is -1.05. The van der Waals surface area contributed by atoms with Crippen molar-refractivity contribution in [1.82, 2.24) is 0 Å². The number of rotatable bonds is 33. The number of carboxylic acid groups (broad SMARTS) is 1. The Morgan fingerprint density at radius 2 is 1.14 bits per heavy atom. The van der Waals surface area contributed by atoms with Crippen LogP contribution in [0.1, 0.15) is 167 Å². The highest BCUT2D eigenvalue weighted by atomic mass is 16.7. The monoisotopic (exact) mass is 731 g/mol. The molecule has 7 N–H and O–H groups in total. The minimum Gasteiger partial charge on any atom is -0.478 e. The fourth-order valence-electron chi connectivity index (χ4n) is 7.07. The second kappa shape index (κ2) is 28.3. The standard InChI is InChI=1S/C40H74O11/c1-2-3-4-5-6-7-8-9-10-11-12-13-14-15-16-17-18-19-20-21-22-23-24-25-30(39(47)48)26-31(42)27-33-38(50-33)32(43)29-49-40-37(46)36(45)35(44)34(28-41)51-40/h25,31-38,40-46H,2-24,26-29H2,1H3,(H,47,48). The summed E-state index contributed by atoms with van der Waals surface area (Å²) in [4.78, 5) is 11.8. The Kier molecular flexibility index (Phi) is 25.5. The van der Waals surface area contributed by atoms with E-state index in [1.54, 1.807) is 6.08 Å². The number of carbonyl (C=O) groups is 1. The average Bonchev–Trinajstić information content (AvgIpc) is 3.88. The summed E-state index contributed by atoms with van der Waals surface area (Å²) in [7, 11) is 0. The normalized spacial score (nSPS) is 26.3. The van der Waals surface area contributed by atoms with Gasteiger partial charge in [-0.1, -0.05) is 148 Å². The number of aliphatic hydroxyl groups is 6. The zero-order chi connectivity index (χ0) is 37.3. The van der Waals surface area contributed by atoms with Crippen molar-refractivity contribution in [3.05, 3.63) is 11.6 Å². The molecule has 11 nitrogen and oxygen atoms in total. The number of aliphatic hydroxyl groups excluding tert-OH is 6. The highest BCUT2D eigenvalue weighted by molar-refractivity contribution is 5.86. The van der Waals surface area contributed by atoms with Crippen LogP contribution in [-0.4, -0.2) is 110 Å². The lowest BCUT2D eigenvalue weighted by Gasteiger charge is -2.39. The number of hydrogen-bond acceptors (Lipinski definition) is 10. The van der Waals surface area contributed by atoms with Gasteiger partial charge in [0, 0.05) is 18.4 Å². The largest absolute Gasteiger partial charge is 0.478 e. The molecule has 0 bridgehead atoms. The van der Waals surface area contributed by atoms with Crippen molar-refractivity contribution < 1.29 is 54.8 Å². The topological polar surface area (TPSA) is 190 Å². The number of carboxylic acids is 1. The molecule has 9 unspecified atom stereocenters. The first-order valence-electron chi connectivity index (χ1n) is 20.6. The number of ether oxygens (including phenoxy) is 3. The van der Waals surface area contributed by atoms with Crippen molar-refractivity contribution in [1.29, 1.82) is 0 Å². The maximum absolute atomic E-state index is 11.8. The summed E-state index contributed by atoms with van der Waals surface area (Å²) >= 11 is 0. The zero-order valence-electron chi connectivity index (χ0n) is 31.6. The Morgan fingerprint density at radius 3 is 1.59 bits per heavy atom. The number of aliphatic carboxylic acids is 1. The van der Waals surface area contributed by atoms with Crippen LogP contribution in [0.4, 0.5) is 0 Å². The SMILES string of the molecule is CCCCCCCCCCCCCCCCCCCCCCCCC=C(CC(O)CC1OC1C(O)COC1OC(CO)C(O)C(O)C1O)C(=O)O. The summed E-state index contributed by atoms with van der Waals surface area (Å²) < 4.78 is 16.1. The first kappa shape index (κ1) is 46.0. The molecule has 0 aromatic heterocycles. The minimum atomic E-state index is -1.59. The zero-order valence-corrected chi connectivity index (χ0v) is 31.6. The maximum Gasteiger partial charge on any atom is 0.331 e. The van der Waals surface area contributed by atoms with E-state index in [0.29, 0.717) is 6.42 Å². The van der Waals surface area contributed by atoms with Crippen molar-refractivity contribution >= 4 is 5.97 Å². The predicted molar refractivity (Wildman–Crippen MR) is 197 cm³/mol. The van der Waals surface area contributed by atoms with Gasteiger partial charge >= 0.3 is 5.97 Å². The van der Waals surface area contributed by atoms with Gasteiger partial charge in [0.05, 0.1) is 25.4 Å². The lowest BCUT2D eigenvalue weighted by Crippen LogP contribution is -2.59. The fraction of sp³-hybridized carbons (Fsp3) is 0.925. The molecule has 2 rings (SSSR count). The Morgan fingerprint density at radius 1 is 0.667 bits per heavy atom. The molecule has 2 heterocycles. The maximum atomic E-state index is 11.8. The van der Waals surface area contributed by atoms with Gasteiger partial charge in [-0.25, -0.2) is 4.79 Å². The van der Waals surface area contributed by atoms with Crippen molar-refractivity contribution in [2.24, 2.45) is 0 Å². The van der Waals surface area contributed by atoms with Gasteiger partial charge in [0.25, 0.3) is 0 Å². The van der Waals surface area contributed by atoms with Gasteiger partial charge in [-0.2, -0.15) is 0 Å². The quantitative estimate of drug-likeness (QED) is 0.0236.